The molecule has 20 heavy (non-hydrogen) atoms. The third-order valence-corrected chi connectivity index (χ3v) is 3.73. The molecule has 0 radical (unpaired) electrons. The highest BCUT2D eigenvalue weighted by Crippen LogP contribution is 2.25. The minimum Gasteiger partial charge on any atom is -0.439 e. The van der Waals surface area contributed by atoms with Crippen molar-refractivity contribution in [3.63, 3.8) is 0 Å². The molecule has 2 aromatic carbocycles. The lowest BCUT2D eigenvalue weighted by Gasteiger charge is -2.14. The molecule has 0 aromatic heterocycles. The second kappa shape index (κ2) is 6.91. The first kappa shape index (κ1) is 14.3. The Morgan fingerprint density at radius 3 is 2.05 bits per heavy atom. The van der Waals surface area contributed by atoms with Gasteiger partial charge in [-0.25, -0.2) is 4.79 Å². The Hall–Kier alpha value is -2.07. The fourth-order valence-corrected chi connectivity index (χ4v) is 2.42. The van der Waals surface area contributed by atoms with Crippen molar-refractivity contribution in [1.29, 1.82) is 0 Å². The zero-order chi connectivity index (χ0) is 14.4. The van der Waals surface area contributed by atoms with E-state index < -0.39 is 11.4 Å². The number of carbonyl (C=O) groups is 2. The van der Waals surface area contributed by atoms with E-state index in [9.17, 15) is 9.59 Å². The van der Waals surface area contributed by atoms with Gasteiger partial charge in [-0.1, -0.05) is 48.2 Å². The predicted octanol–water partition coefficient (Wildman–Crippen LogP) is 3.55. The molecular weight excluding hydrogens is 272 g/mol. The van der Waals surface area contributed by atoms with Gasteiger partial charge in [-0.05, 0) is 31.2 Å². The van der Waals surface area contributed by atoms with Crippen LogP contribution in [0.1, 0.15) is 17.3 Å². The second-order valence-electron chi connectivity index (χ2n) is 4.14. The van der Waals surface area contributed by atoms with E-state index in [0.29, 0.717) is 5.56 Å². The molecule has 0 N–H and O–H groups in total. The van der Waals surface area contributed by atoms with Gasteiger partial charge in [0.05, 0.1) is 5.56 Å². The maximum atomic E-state index is 12.0. The van der Waals surface area contributed by atoms with Crippen molar-refractivity contribution >= 4 is 23.5 Å². The summed E-state index contributed by atoms with van der Waals surface area (Å²) in [5, 5.41) is 0. The van der Waals surface area contributed by atoms with Gasteiger partial charge in [0.1, 0.15) is 0 Å². The number of ketones is 1. The SMILES string of the molecule is CC(=O)C(OC(=O)c1ccccc1)Sc1ccccc1. The van der Waals surface area contributed by atoms with Crippen LogP contribution in [0.25, 0.3) is 0 Å². The van der Waals surface area contributed by atoms with Crippen molar-refractivity contribution in [1.82, 2.24) is 0 Å². The largest absolute Gasteiger partial charge is 0.439 e. The number of rotatable bonds is 5. The van der Waals surface area contributed by atoms with E-state index in [0.717, 1.165) is 4.90 Å². The van der Waals surface area contributed by atoms with Crippen LogP contribution in [0.4, 0.5) is 0 Å². The monoisotopic (exact) mass is 286 g/mol. The number of hydrogen-bond acceptors (Lipinski definition) is 4. The lowest BCUT2D eigenvalue weighted by Crippen LogP contribution is -2.22. The summed E-state index contributed by atoms with van der Waals surface area (Å²) in [5.74, 6) is -0.683. The third kappa shape index (κ3) is 3.96. The fourth-order valence-electron chi connectivity index (χ4n) is 1.55. The molecular formula is C16H14O3S. The lowest BCUT2D eigenvalue weighted by molar-refractivity contribution is -0.121. The van der Waals surface area contributed by atoms with Gasteiger partial charge in [0.25, 0.3) is 0 Å². The topological polar surface area (TPSA) is 43.4 Å². The number of Topliss-reactive ketones (excluding diaryl/α,β-unsaturated/α-hetero) is 1. The van der Waals surface area contributed by atoms with Gasteiger partial charge >= 0.3 is 5.97 Å². The summed E-state index contributed by atoms with van der Waals surface area (Å²) < 4.78 is 5.28. The summed E-state index contributed by atoms with van der Waals surface area (Å²) in [6.07, 6.45) is 0. The number of esters is 1. The van der Waals surface area contributed by atoms with Crippen LogP contribution in [0.3, 0.4) is 0 Å². The molecule has 4 heteroatoms. The lowest BCUT2D eigenvalue weighted by atomic mass is 10.2. The quantitative estimate of drug-likeness (QED) is 0.479. The van der Waals surface area contributed by atoms with Crippen LogP contribution in [0.5, 0.6) is 0 Å². The van der Waals surface area contributed by atoms with Crippen LogP contribution in [-0.4, -0.2) is 17.2 Å². The Balaban J connectivity index is 2.07. The summed E-state index contributed by atoms with van der Waals surface area (Å²) in [6.45, 7) is 1.42. The molecule has 2 rings (SSSR count). The maximum Gasteiger partial charge on any atom is 0.339 e. The van der Waals surface area contributed by atoms with E-state index in [1.165, 1.54) is 18.7 Å². The highest BCUT2D eigenvalue weighted by molar-refractivity contribution is 8.00. The van der Waals surface area contributed by atoms with Crippen molar-refractivity contribution in [3.05, 3.63) is 66.2 Å². The normalized spacial score (nSPS) is 11.7. The van der Waals surface area contributed by atoms with Crippen LogP contribution < -0.4 is 0 Å². The first-order valence-electron chi connectivity index (χ1n) is 6.15. The molecule has 0 aliphatic heterocycles. The summed E-state index contributed by atoms with van der Waals surface area (Å²) in [5.41, 5.74) is -0.391. The minimum atomic E-state index is -0.829. The Morgan fingerprint density at radius 1 is 0.950 bits per heavy atom. The van der Waals surface area contributed by atoms with E-state index in [2.05, 4.69) is 0 Å². The molecule has 3 nitrogen and oxygen atoms in total. The average molecular weight is 286 g/mol. The molecule has 0 aliphatic rings. The first-order valence-corrected chi connectivity index (χ1v) is 7.03. The number of hydrogen-bond donors (Lipinski definition) is 0. The van der Waals surface area contributed by atoms with Crippen molar-refractivity contribution in [2.45, 2.75) is 17.3 Å². The van der Waals surface area contributed by atoms with E-state index in [1.807, 2.05) is 36.4 Å². The smallest absolute Gasteiger partial charge is 0.339 e. The highest BCUT2D eigenvalue weighted by atomic mass is 32.2. The number of carbonyl (C=O) groups excluding carboxylic acids is 2. The van der Waals surface area contributed by atoms with Crippen molar-refractivity contribution < 1.29 is 14.3 Å². The van der Waals surface area contributed by atoms with Gasteiger partial charge in [-0.15, -0.1) is 0 Å². The first-order chi connectivity index (χ1) is 9.66. The molecule has 0 spiro atoms. The van der Waals surface area contributed by atoms with E-state index >= 15 is 0 Å². The Morgan fingerprint density at radius 2 is 1.50 bits per heavy atom. The molecule has 2 aromatic rings. The van der Waals surface area contributed by atoms with Gasteiger partial charge < -0.3 is 4.74 Å². The molecule has 1 atom stereocenters. The van der Waals surface area contributed by atoms with Gasteiger partial charge in [0, 0.05) is 4.90 Å². The zero-order valence-electron chi connectivity index (χ0n) is 11.0. The molecule has 0 heterocycles. The van der Waals surface area contributed by atoms with Gasteiger partial charge in [-0.3, -0.25) is 4.79 Å². The van der Waals surface area contributed by atoms with Crippen LogP contribution in [0.2, 0.25) is 0 Å². The Labute approximate surface area is 122 Å². The van der Waals surface area contributed by atoms with Crippen LogP contribution in [0, 0.1) is 0 Å². The van der Waals surface area contributed by atoms with Crippen molar-refractivity contribution in [2.24, 2.45) is 0 Å². The molecule has 102 valence electrons. The van der Waals surface area contributed by atoms with E-state index in [4.69, 9.17) is 4.74 Å². The van der Waals surface area contributed by atoms with Gasteiger partial charge in [0.15, 0.2) is 5.78 Å². The number of thioether (sulfide) groups is 1. The molecule has 0 fully saturated rings. The van der Waals surface area contributed by atoms with Crippen LogP contribution in [-0.2, 0) is 9.53 Å². The van der Waals surface area contributed by atoms with E-state index in [1.54, 1.807) is 24.3 Å². The van der Waals surface area contributed by atoms with Crippen LogP contribution >= 0.6 is 11.8 Å². The number of benzene rings is 2. The zero-order valence-corrected chi connectivity index (χ0v) is 11.8. The van der Waals surface area contributed by atoms with Crippen molar-refractivity contribution in [3.8, 4) is 0 Å². The van der Waals surface area contributed by atoms with Crippen molar-refractivity contribution in [2.75, 3.05) is 0 Å². The summed E-state index contributed by atoms with van der Waals surface area (Å²) >= 11 is 1.23. The van der Waals surface area contributed by atoms with Gasteiger partial charge in [-0.2, -0.15) is 0 Å². The third-order valence-electron chi connectivity index (χ3n) is 2.54. The molecule has 0 amide bonds. The average Bonchev–Trinajstić information content (AvgIpc) is 2.48. The highest BCUT2D eigenvalue weighted by Gasteiger charge is 2.21. The van der Waals surface area contributed by atoms with Crippen LogP contribution in [0.15, 0.2) is 65.6 Å². The molecule has 1 unspecified atom stereocenters. The number of ether oxygens (including phenoxy) is 1. The fraction of sp³-hybridized carbons (Fsp3) is 0.125. The minimum absolute atomic E-state index is 0.192. The molecule has 0 saturated heterocycles. The predicted molar refractivity (Wildman–Crippen MR) is 78.6 cm³/mol. The van der Waals surface area contributed by atoms with E-state index in [-0.39, 0.29) is 5.78 Å². The Bertz CT molecular complexity index is 581. The molecule has 0 saturated carbocycles. The summed E-state index contributed by atoms with van der Waals surface area (Å²) in [6, 6.07) is 18.0. The molecule has 0 bridgehead atoms. The van der Waals surface area contributed by atoms with Gasteiger partial charge in [0.2, 0.25) is 5.44 Å². The summed E-state index contributed by atoms with van der Waals surface area (Å²) in [7, 11) is 0. The standard InChI is InChI=1S/C16H14O3S/c1-12(17)16(20-14-10-6-3-7-11-14)19-15(18)13-8-4-2-5-9-13/h2-11,16H,1H3. The Kier molecular flexibility index (Phi) is 4.96. The summed E-state index contributed by atoms with van der Waals surface area (Å²) in [4.78, 5) is 24.5. The molecule has 0 aliphatic carbocycles. The maximum absolute atomic E-state index is 12.0. The second-order valence-corrected chi connectivity index (χ2v) is 5.28.